The van der Waals surface area contributed by atoms with Gasteiger partial charge in [-0.15, -0.1) is 0 Å². The average Bonchev–Trinajstić information content (AvgIpc) is 2.70. The van der Waals surface area contributed by atoms with Crippen LogP contribution >= 0.6 is 0 Å². The Morgan fingerprint density at radius 2 is 2.06 bits per heavy atom. The standard InChI is InChI=1S/C11H10N4O/c1-13-10-9(14-15-11(10)12)7-3-5-8(16-2)6-4-7/h3-6H,2H3,(H3,12,14,15). The van der Waals surface area contributed by atoms with E-state index in [9.17, 15) is 0 Å². The first-order chi connectivity index (χ1) is 7.76. The van der Waals surface area contributed by atoms with Gasteiger partial charge in [-0.3, -0.25) is 5.10 Å². The molecule has 3 N–H and O–H groups in total. The SMILES string of the molecule is [C-]#[N+]c1c(N)n[nH]c1-c1ccc(OC)cc1. The first kappa shape index (κ1) is 10.1. The fourth-order valence-corrected chi connectivity index (χ4v) is 1.42. The van der Waals surface area contributed by atoms with E-state index in [4.69, 9.17) is 17.0 Å². The summed E-state index contributed by atoms with van der Waals surface area (Å²) in [7, 11) is 1.60. The van der Waals surface area contributed by atoms with E-state index < -0.39 is 0 Å². The summed E-state index contributed by atoms with van der Waals surface area (Å²) in [6.07, 6.45) is 0. The number of hydrogen-bond donors (Lipinski definition) is 2. The van der Waals surface area contributed by atoms with E-state index in [2.05, 4.69) is 15.0 Å². The van der Waals surface area contributed by atoms with E-state index in [1.54, 1.807) is 7.11 Å². The van der Waals surface area contributed by atoms with Gasteiger partial charge in [0, 0.05) is 0 Å². The second-order valence-electron chi connectivity index (χ2n) is 3.17. The van der Waals surface area contributed by atoms with Crippen molar-refractivity contribution in [2.24, 2.45) is 0 Å². The molecule has 0 saturated carbocycles. The Balaban J connectivity index is 2.47. The summed E-state index contributed by atoms with van der Waals surface area (Å²) < 4.78 is 5.06. The maximum atomic E-state index is 7.03. The Kier molecular flexibility index (Phi) is 2.48. The molecule has 0 unspecified atom stereocenters. The summed E-state index contributed by atoms with van der Waals surface area (Å²) in [4.78, 5) is 3.35. The summed E-state index contributed by atoms with van der Waals surface area (Å²) in [5, 5.41) is 6.56. The van der Waals surface area contributed by atoms with Gasteiger partial charge in [0.05, 0.1) is 19.4 Å². The lowest BCUT2D eigenvalue weighted by atomic mass is 10.1. The van der Waals surface area contributed by atoms with E-state index in [0.717, 1.165) is 11.3 Å². The normalized spacial score (nSPS) is 9.75. The number of aromatic nitrogens is 2. The van der Waals surface area contributed by atoms with Crippen molar-refractivity contribution in [2.45, 2.75) is 0 Å². The lowest BCUT2D eigenvalue weighted by molar-refractivity contribution is 0.415. The van der Waals surface area contributed by atoms with Gasteiger partial charge in [0.1, 0.15) is 5.75 Å². The average molecular weight is 214 g/mol. The number of methoxy groups -OCH3 is 1. The minimum Gasteiger partial charge on any atom is -0.497 e. The smallest absolute Gasteiger partial charge is 0.254 e. The predicted molar refractivity (Wildman–Crippen MR) is 61.3 cm³/mol. The molecule has 16 heavy (non-hydrogen) atoms. The molecule has 0 fully saturated rings. The van der Waals surface area contributed by atoms with Gasteiger partial charge in [0.25, 0.3) is 5.69 Å². The van der Waals surface area contributed by atoms with Crippen molar-refractivity contribution in [3.05, 3.63) is 35.7 Å². The Morgan fingerprint density at radius 3 is 2.62 bits per heavy atom. The second kappa shape index (κ2) is 3.95. The number of nitrogens with two attached hydrogens (primary N) is 1. The Bertz CT molecular complexity index is 536. The zero-order valence-electron chi connectivity index (χ0n) is 8.69. The molecule has 0 aliphatic heterocycles. The topological polar surface area (TPSA) is 68.3 Å². The van der Waals surface area contributed by atoms with E-state index in [0.29, 0.717) is 11.4 Å². The number of rotatable bonds is 2. The maximum absolute atomic E-state index is 7.03. The Morgan fingerprint density at radius 1 is 1.38 bits per heavy atom. The van der Waals surface area contributed by atoms with Crippen LogP contribution in [0.15, 0.2) is 24.3 Å². The van der Waals surface area contributed by atoms with Crippen LogP contribution in [0.2, 0.25) is 0 Å². The Labute approximate surface area is 92.7 Å². The second-order valence-corrected chi connectivity index (χ2v) is 3.17. The van der Waals surface area contributed by atoms with Crippen LogP contribution < -0.4 is 10.5 Å². The minimum absolute atomic E-state index is 0.223. The fourth-order valence-electron chi connectivity index (χ4n) is 1.42. The molecule has 5 nitrogen and oxygen atoms in total. The highest BCUT2D eigenvalue weighted by molar-refractivity contribution is 5.82. The molecule has 0 atom stereocenters. The molecule has 1 aromatic heterocycles. The molecule has 1 aromatic carbocycles. The number of benzene rings is 1. The predicted octanol–water partition coefficient (Wildman–Crippen LogP) is 2.22. The van der Waals surface area contributed by atoms with Crippen LogP contribution in [-0.2, 0) is 0 Å². The van der Waals surface area contributed by atoms with Crippen LogP contribution in [0.5, 0.6) is 5.75 Å². The highest BCUT2D eigenvalue weighted by Crippen LogP contribution is 2.33. The van der Waals surface area contributed by atoms with Crippen molar-refractivity contribution < 1.29 is 4.74 Å². The van der Waals surface area contributed by atoms with Crippen LogP contribution in [0.25, 0.3) is 16.1 Å². The van der Waals surface area contributed by atoms with E-state index >= 15 is 0 Å². The third kappa shape index (κ3) is 1.57. The van der Waals surface area contributed by atoms with Crippen molar-refractivity contribution in [2.75, 3.05) is 12.8 Å². The summed E-state index contributed by atoms with van der Waals surface area (Å²) in [5.41, 5.74) is 7.41. The molecule has 2 aromatic rings. The van der Waals surface area contributed by atoms with E-state index in [1.807, 2.05) is 24.3 Å². The molecule has 0 radical (unpaired) electrons. The number of nitrogens with zero attached hydrogens (tertiary/aromatic N) is 2. The number of aromatic amines is 1. The number of nitrogens with one attached hydrogen (secondary N) is 1. The highest BCUT2D eigenvalue weighted by atomic mass is 16.5. The molecule has 80 valence electrons. The monoisotopic (exact) mass is 214 g/mol. The van der Waals surface area contributed by atoms with Gasteiger partial charge >= 0.3 is 0 Å². The van der Waals surface area contributed by atoms with Gasteiger partial charge in [-0.1, -0.05) is 12.1 Å². The van der Waals surface area contributed by atoms with Crippen molar-refractivity contribution in [3.8, 4) is 17.0 Å². The summed E-state index contributed by atoms with van der Waals surface area (Å²) in [5.74, 6) is 0.987. The Hall–Kier alpha value is -2.48. The molecule has 0 spiro atoms. The third-order valence-electron chi connectivity index (χ3n) is 2.26. The zero-order valence-corrected chi connectivity index (χ0v) is 8.69. The molecule has 0 amide bonds. The van der Waals surface area contributed by atoms with Gasteiger partial charge in [-0.05, 0) is 17.7 Å². The highest BCUT2D eigenvalue weighted by Gasteiger charge is 2.12. The number of hydrogen-bond acceptors (Lipinski definition) is 3. The van der Waals surface area contributed by atoms with Crippen molar-refractivity contribution >= 4 is 11.5 Å². The number of H-pyrrole nitrogens is 1. The van der Waals surface area contributed by atoms with Crippen molar-refractivity contribution in [1.82, 2.24) is 10.2 Å². The molecule has 0 saturated heterocycles. The van der Waals surface area contributed by atoms with Gasteiger partial charge in [0.2, 0.25) is 0 Å². The third-order valence-corrected chi connectivity index (χ3v) is 2.26. The molecule has 0 bridgehead atoms. The van der Waals surface area contributed by atoms with Crippen LogP contribution in [0.3, 0.4) is 0 Å². The minimum atomic E-state index is 0.223. The zero-order chi connectivity index (χ0) is 11.5. The first-order valence-electron chi connectivity index (χ1n) is 4.62. The van der Waals surface area contributed by atoms with Crippen molar-refractivity contribution in [1.29, 1.82) is 0 Å². The molecular formula is C11H10N4O. The van der Waals surface area contributed by atoms with Crippen LogP contribution in [-0.4, -0.2) is 17.3 Å². The summed E-state index contributed by atoms with van der Waals surface area (Å²) >= 11 is 0. The van der Waals surface area contributed by atoms with Crippen LogP contribution in [0.4, 0.5) is 11.5 Å². The van der Waals surface area contributed by atoms with Gasteiger partial charge in [0.15, 0.2) is 5.82 Å². The lowest BCUT2D eigenvalue weighted by Gasteiger charge is -2.01. The van der Waals surface area contributed by atoms with Crippen molar-refractivity contribution in [3.63, 3.8) is 0 Å². The molecule has 1 heterocycles. The maximum Gasteiger partial charge on any atom is 0.254 e. The number of ether oxygens (including phenoxy) is 1. The molecule has 2 rings (SSSR count). The molecule has 5 heteroatoms. The van der Waals surface area contributed by atoms with Gasteiger partial charge < -0.3 is 10.5 Å². The first-order valence-corrected chi connectivity index (χ1v) is 4.62. The fraction of sp³-hybridized carbons (Fsp3) is 0.0909. The molecular weight excluding hydrogens is 204 g/mol. The number of anilines is 1. The van der Waals surface area contributed by atoms with Crippen LogP contribution in [0.1, 0.15) is 0 Å². The largest absolute Gasteiger partial charge is 0.497 e. The molecule has 0 aliphatic rings. The molecule has 0 aliphatic carbocycles. The van der Waals surface area contributed by atoms with E-state index in [1.165, 1.54) is 0 Å². The van der Waals surface area contributed by atoms with Gasteiger partial charge in [-0.2, -0.15) is 5.10 Å². The van der Waals surface area contributed by atoms with Crippen LogP contribution in [0, 0.1) is 6.57 Å². The van der Waals surface area contributed by atoms with Gasteiger partial charge in [-0.25, -0.2) is 4.85 Å². The lowest BCUT2D eigenvalue weighted by Crippen LogP contribution is -1.83. The summed E-state index contributed by atoms with van der Waals surface area (Å²) in [6, 6.07) is 7.33. The number of nitrogen functional groups attached to an aromatic ring is 1. The quantitative estimate of drug-likeness (QED) is 0.753. The summed E-state index contributed by atoms with van der Waals surface area (Å²) in [6.45, 7) is 7.03. The van der Waals surface area contributed by atoms with E-state index in [-0.39, 0.29) is 5.82 Å².